The molecule has 0 rings (SSSR count). The second kappa shape index (κ2) is 69.4. The van der Waals surface area contributed by atoms with Crippen molar-refractivity contribution in [2.75, 3.05) is 39.6 Å². The van der Waals surface area contributed by atoms with Crippen molar-refractivity contribution in [2.24, 2.45) is 17.8 Å². The second-order valence-electron chi connectivity index (χ2n) is 29.4. The van der Waals surface area contributed by atoms with E-state index in [0.717, 1.165) is 114 Å². The number of aliphatic hydroxyl groups is 1. The van der Waals surface area contributed by atoms with Gasteiger partial charge in [-0.2, -0.15) is 0 Å². The Bertz CT molecular complexity index is 1910. The van der Waals surface area contributed by atoms with Crippen LogP contribution in [-0.2, 0) is 65.4 Å². The Hall–Kier alpha value is -1.94. The highest BCUT2D eigenvalue weighted by molar-refractivity contribution is 7.47. The molecule has 0 saturated heterocycles. The molecule has 0 aromatic heterocycles. The van der Waals surface area contributed by atoms with Gasteiger partial charge in [0.1, 0.15) is 19.3 Å². The van der Waals surface area contributed by atoms with Gasteiger partial charge in [0.05, 0.1) is 26.4 Å². The van der Waals surface area contributed by atoms with Crippen molar-refractivity contribution >= 4 is 39.5 Å². The standard InChI is InChI=1S/C79H154O17P2/c1-8-11-12-13-14-15-16-17-20-24-27-33-38-46-53-60-76(81)89-66-74(95-78(83)62-55-48-39-34-28-25-22-19-18-21-23-26-31-36-43-50-57-70(4)5)68-93-97(85,86)91-64-73(80)65-92-98(87,88)94-69-75(67-90-77(82)61-54-47-42-41-45-52-59-72(7)10-3)96-79(84)63-56-49-40-35-30-29-32-37-44-51-58-71(6)9-2/h70-75,80H,8-69H2,1-7H3,(H,85,86)(H,87,88)/t71?,72?,73-,74-,75-/m1/s1. The Morgan fingerprint density at radius 1 is 0.296 bits per heavy atom. The zero-order chi connectivity index (χ0) is 72.3. The minimum atomic E-state index is -4.96. The molecule has 0 aliphatic carbocycles. The summed E-state index contributed by atoms with van der Waals surface area (Å²) in [7, 11) is -9.92. The number of ether oxygens (including phenoxy) is 4. The van der Waals surface area contributed by atoms with E-state index < -0.39 is 97.5 Å². The van der Waals surface area contributed by atoms with Gasteiger partial charge < -0.3 is 33.8 Å². The molecule has 0 saturated carbocycles. The Labute approximate surface area is 600 Å². The molecule has 98 heavy (non-hydrogen) atoms. The molecule has 7 atom stereocenters. The summed E-state index contributed by atoms with van der Waals surface area (Å²) in [5.41, 5.74) is 0. The van der Waals surface area contributed by atoms with Crippen molar-refractivity contribution in [3.63, 3.8) is 0 Å². The van der Waals surface area contributed by atoms with Crippen LogP contribution in [0.25, 0.3) is 0 Å². The van der Waals surface area contributed by atoms with Gasteiger partial charge in [-0.25, -0.2) is 9.13 Å². The quantitative estimate of drug-likeness (QED) is 0.0222. The maximum absolute atomic E-state index is 13.1. The molecule has 0 aliphatic heterocycles. The van der Waals surface area contributed by atoms with Crippen LogP contribution in [0.3, 0.4) is 0 Å². The molecule has 0 bridgehead atoms. The van der Waals surface area contributed by atoms with E-state index in [9.17, 15) is 43.2 Å². The maximum Gasteiger partial charge on any atom is 0.472 e. The van der Waals surface area contributed by atoms with Crippen LogP contribution in [0.4, 0.5) is 0 Å². The molecule has 0 heterocycles. The van der Waals surface area contributed by atoms with Crippen LogP contribution in [0.2, 0.25) is 0 Å². The summed E-state index contributed by atoms with van der Waals surface area (Å²) < 4.78 is 68.7. The molecule has 0 fully saturated rings. The van der Waals surface area contributed by atoms with Crippen molar-refractivity contribution in [1.82, 2.24) is 0 Å². The van der Waals surface area contributed by atoms with Crippen molar-refractivity contribution in [3.8, 4) is 0 Å². The van der Waals surface area contributed by atoms with Crippen LogP contribution in [0.15, 0.2) is 0 Å². The Morgan fingerprint density at radius 3 is 0.776 bits per heavy atom. The van der Waals surface area contributed by atoms with Crippen molar-refractivity contribution in [2.45, 2.75) is 426 Å². The largest absolute Gasteiger partial charge is 0.472 e. The number of rotatable bonds is 77. The summed E-state index contributed by atoms with van der Waals surface area (Å²) >= 11 is 0. The van der Waals surface area contributed by atoms with Gasteiger partial charge in [0.15, 0.2) is 12.2 Å². The predicted octanol–water partition coefficient (Wildman–Crippen LogP) is 23.4. The van der Waals surface area contributed by atoms with E-state index in [1.807, 2.05) is 0 Å². The molecule has 0 aromatic carbocycles. The summed E-state index contributed by atoms with van der Waals surface area (Å²) in [5.74, 6) is 0.229. The summed E-state index contributed by atoms with van der Waals surface area (Å²) in [6.07, 6.45) is 56.8. The highest BCUT2D eigenvalue weighted by Gasteiger charge is 2.30. The highest BCUT2D eigenvalue weighted by atomic mass is 31.2. The lowest BCUT2D eigenvalue weighted by Crippen LogP contribution is -2.30. The van der Waals surface area contributed by atoms with Gasteiger partial charge in [-0.3, -0.25) is 37.3 Å². The molecular weight excluding hydrogens is 1280 g/mol. The first-order chi connectivity index (χ1) is 47.3. The van der Waals surface area contributed by atoms with E-state index in [1.165, 1.54) is 212 Å². The topological polar surface area (TPSA) is 237 Å². The lowest BCUT2D eigenvalue weighted by atomic mass is 9.99. The van der Waals surface area contributed by atoms with E-state index in [0.29, 0.717) is 25.7 Å². The highest BCUT2D eigenvalue weighted by Crippen LogP contribution is 2.45. The van der Waals surface area contributed by atoms with Crippen LogP contribution in [-0.4, -0.2) is 96.7 Å². The van der Waals surface area contributed by atoms with Crippen LogP contribution in [0.1, 0.15) is 408 Å². The van der Waals surface area contributed by atoms with Crippen LogP contribution in [0, 0.1) is 17.8 Å². The van der Waals surface area contributed by atoms with E-state index in [4.69, 9.17) is 37.0 Å². The first-order valence-electron chi connectivity index (χ1n) is 40.9. The molecule has 0 aliphatic rings. The summed E-state index contributed by atoms with van der Waals surface area (Å²) in [5, 5.41) is 10.6. The molecule has 0 spiro atoms. The number of aliphatic hydroxyl groups excluding tert-OH is 1. The van der Waals surface area contributed by atoms with Gasteiger partial charge in [0, 0.05) is 25.7 Å². The average molecular weight is 1440 g/mol. The van der Waals surface area contributed by atoms with Crippen LogP contribution in [0.5, 0.6) is 0 Å². The molecular formula is C79H154O17P2. The average Bonchev–Trinajstić information content (AvgIpc) is 1.21. The van der Waals surface area contributed by atoms with E-state index >= 15 is 0 Å². The number of phosphoric ester groups is 2. The predicted molar refractivity (Wildman–Crippen MR) is 400 cm³/mol. The Morgan fingerprint density at radius 2 is 0.520 bits per heavy atom. The summed E-state index contributed by atoms with van der Waals surface area (Å²) in [6, 6.07) is 0. The number of carbonyl (C=O) groups excluding carboxylic acids is 4. The molecule has 0 aromatic rings. The minimum Gasteiger partial charge on any atom is -0.462 e. The lowest BCUT2D eigenvalue weighted by Gasteiger charge is -2.21. The SMILES string of the molecule is CCCCCCCCCCCCCCCCCC(=O)OC[C@H](COP(=O)(O)OC[C@@H](O)COP(=O)(O)OC[C@@H](COC(=O)CCCCCCCCC(C)CC)OC(=O)CCCCCCCCCCCCC(C)CC)OC(=O)CCCCCCCCCCCCCCCCCCC(C)C. The van der Waals surface area contributed by atoms with Gasteiger partial charge in [-0.05, 0) is 43.4 Å². The number of phosphoric acid groups is 2. The smallest absolute Gasteiger partial charge is 0.462 e. The zero-order valence-electron chi connectivity index (χ0n) is 64.3. The first-order valence-corrected chi connectivity index (χ1v) is 43.9. The number of unbranched alkanes of at least 4 members (excludes halogenated alkanes) is 43. The molecule has 4 unspecified atom stereocenters. The molecule has 19 heteroatoms. The number of carbonyl (C=O) groups is 4. The molecule has 582 valence electrons. The third kappa shape index (κ3) is 69.8. The van der Waals surface area contributed by atoms with Gasteiger partial charge >= 0.3 is 39.5 Å². The number of hydrogen-bond donors (Lipinski definition) is 3. The summed E-state index contributed by atoms with van der Waals surface area (Å²) in [4.78, 5) is 72.9. The lowest BCUT2D eigenvalue weighted by molar-refractivity contribution is -0.161. The van der Waals surface area contributed by atoms with E-state index in [2.05, 4.69) is 48.5 Å². The van der Waals surface area contributed by atoms with E-state index in [1.54, 1.807) is 0 Å². The van der Waals surface area contributed by atoms with Gasteiger partial charge in [-0.1, -0.05) is 357 Å². The van der Waals surface area contributed by atoms with Gasteiger partial charge in [0.25, 0.3) is 0 Å². The Kier molecular flexibility index (Phi) is 68.1. The number of esters is 4. The second-order valence-corrected chi connectivity index (χ2v) is 32.3. The third-order valence-electron chi connectivity index (χ3n) is 19.1. The fourth-order valence-corrected chi connectivity index (χ4v) is 13.6. The van der Waals surface area contributed by atoms with Crippen LogP contribution >= 0.6 is 15.6 Å². The fraction of sp³-hybridized carbons (Fsp3) is 0.949. The Balaban J connectivity index is 5.25. The molecule has 3 N–H and O–H groups in total. The van der Waals surface area contributed by atoms with Gasteiger partial charge in [-0.15, -0.1) is 0 Å². The third-order valence-corrected chi connectivity index (χ3v) is 21.0. The van der Waals surface area contributed by atoms with Gasteiger partial charge in [0.2, 0.25) is 0 Å². The van der Waals surface area contributed by atoms with Crippen LogP contribution < -0.4 is 0 Å². The fourth-order valence-electron chi connectivity index (χ4n) is 12.1. The maximum atomic E-state index is 13.1. The van der Waals surface area contributed by atoms with Crippen molar-refractivity contribution in [3.05, 3.63) is 0 Å². The number of hydrogen-bond acceptors (Lipinski definition) is 15. The molecule has 0 amide bonds. The summed E-state index contributed by atoms with van der Waals surface area (Å²) in [6.45, 7) is 11.9. The monoisotopic (exact) mass is 1440 g/mol. The normalized spacial score (nSPS) is 14.6. The minimum absolute atomic E-state index is 0.105. The van der Waals surface area contributed by atoms with Crippen molar-refractivity contribution < 1.29 is 80.2 Å². The zero-order valence-corrected chi connectivity index (χ0v) is 66.0. The van der Waals surface area contributed by atoms with E-state index in [-0.39, 0.29) is 25.7 Å². The molecule has 17 nitrogen and oxygen atoms in total. The van der Waals surface area contributed by atoms with Crippen molar-refractivity contribution in [1.29, 1.82) is 0 Å². The first kappa shape index (κ1) is 96.1. The molecule has 0 radical (unpaired) electrons.